The molecule has 0 aliphatic carbocycles. The van der Waals surface area contributed by atoms with E-state index in [1.165, 1.54) is 13.8 Å². The Labute approximate surface area is 147 Å². The highest BCUT2D eigenvalue weighted by atomic mass is 16.5. The Bertz CT molecular complexity index is 956. The molecular formula is C22H20O3. The number of ketones is 2. The molecule has 3 aromatic rings. The van der Waals surface area contributed by atoms with Crippen LogP contribution in [0.25, 0.3) is 10.8 Å². The summed E-state index contributed by atoms with van der Waals surface area (Å²) in [5.41, 5.74) is 3.15. The number of hydrogen-bond donors (Lipinski definition) is 0. The highest BCUT2D eigenvalue weighted by Crippen LogP contribution is 2.30. The molecule has 0 N–H and O–H groups in total. The zero-order chi connectivity index (χ0) is 18.0. The maximum absolute atomic E-state index is 12.1. The second kappa shape index (κ2) is 6.89. The van der Waals surface area contributed by atoms with Gasteiger partial charge in [0, 0.05) is 11.1 Å². The molecule has 0 heterocycles. The third kappa shape index (κ3) is 3.61. The number of aryl methyl sites for hydroxylation is 1. The summed E-state index contributed by atoms with van der Waals surface area (Å²) in [6, 6.07) is 17.3. The Morgan fingerprint density at radius 3 is 2.28 bits per heavy atom. The highest BCUT2D eigenvalue weighted by Gasteiger charge is 2.13. The van der Waals surface area contributed by atoms with E-state index in [2.05, 4.69) is 0 Å². The van der Waals surface area contributed by atoms with Crippen LogP contribution in [0.2, 0.25) is 0 Å². The fourth-order valence-corrected chi connectivity index (χ4v) is 2.89. The van der Waals surface area contributed by atoms with E-state index in [1.54, 1.807) is 6.07 Å². The van der Waals surface area contributed by atoms with Gasteiger partial charge in [-0.05, 0) is 66.9 Å². The van der Waals surface area contributed by atoms with E-state index in [4.69, 9.17) is 4.74 Å². The average Bonchev–Trinajstić information content (AvgIpc) is 2.59. The van der Waals surface area contributed by atoms with Gasteiger partial charge >= 0.3 is 0 Å². The Hall–Kier alpha value is -2.94. The maximum atomic E-state index is 12.1. The first-order valence-electron chi connectivity index (χ1n) is 8.22. The van der Waals surface area contributed by atoms with Crippen LogP contribution in [0.4, 0.5) is 0 Å². The number of fused-ring (bicyclic) bond motifs is 1. The lowest BCUT2D eigenvalue weighted by Gasteiger charge is -2.13. The van der Waals surface area contributed by atoms with Crippen LogP contribution >= 0.6 is 0 Å². The largest absolute Gasteiger partial charge is 0.489 e. The minimum Gasteiger partial charge on any atom is -0.489 e. The molecule has 0 saturated heterocycles. The predicted octanol–water partition coefficient (Wildman–Crippen LogP) is 5.13. The highest BCUT2D eigenvalue weighted by molar-refractivity contribution is 6.11. The number of hydrogen-bond acceptors (Lipinski definition) is 3. The van der Waals surface area contributed by atoms with Gasteiger partial charge in [-0.3, -0.25) is 9.59 Å². The molecule has 0 atom stereocenters. The minimum atomic E-state index is -0.0639. The second-order valence-corrected chi connectivity index (χ2v) is 6.25. The average molecular weight is 332 g/mol. The first kappa shape index (κ1) is 16.9. The lowest BCUT2D eigenvalue weighted by atomic mass is 9.95. The van der Waals surface area contributed by atoms with Crippen molar-refractivity contribution >= 4 is 22.3 Å². The van der Waals surface area contributed by atoms with Crippen molar-refractivity contribution in [2.24, 2.45) is 0 Å². The van der Waals surface area contributed by atoms with Gasteiger partial charge < -0.3 is 4.74 Å². The van der Waals surface area contributed by atoms with Gasteiger partial charge in [-0.15, -0.1) is 0 Å². The van der Waals surface area contributed by atoms with Gasteiger partial charge in [0.15, 0.2) is 11.6 Å². The summed E-state index contributed by atoms with van der Waals surface area (Å²) in [7, 11) is 0. The van der Waals surface area contributed by atoms with Crippen molar-refractivity contribution < 1.29 is 14.3 Å². The number of benzene rings is 3. The summed E-state index contributed by atoms with van der Waals surface area (Å²) in [6.07, 6.45) is 0. The molecular weight excluding hydrogens is 312 g/mol. The summed E-state index contributed by atoms with van der Waals surface area (Å²) >= 11 is 0. The van der Waals surface area contributed by atoms with Crippen LogP contribution in [0.1, 0.15) is 45.7 Å². The molecule has 0 aliphatic heterocycles. The third-order valence-electron chi connectivity index (χ3n) is 4.27. The summed E-state index contributed by atoms with van der Waals surface area (Å²) in [4.78, 5) is 23.8. The fraction of sp³-hybridized carbons (Fsp3) is 0.182. The van der Waals surface area contributed by atoms with E-state index in [0.29, 0.717) is 17.7 Å². The molecule has 0 fully saturated rings. The molecule has 0 amide bonds. The van der Waals surface area contributed by atoms with Gasteiger partial charge in [-0.25, -0.2) is 0 Å². The molecule has 126 valence electrons. The van der Waals surface area contributed by atoms with Gasteiger partial charge in [0.25, 0.3) is 0 Å². The van der Waals surface area contributed by atoms with Crippen molar-refractivity contribution in [1.82, 2.24) is 0 Å². The molecule has 0 saturated carbocycles. The topological polar surface area (TPSA) is 43.4 Å². The Balaban J connectivity index is 2.05. The van der Waals surface area contributed by atoms with Crippen molar-refractivity contribution in [3.8, 4) is 5.75 Å². The van der Waals surface area contributed by atoms with Crippen LogP contribution in [-0.2, 0) is 6.61 Å². The van der Waals surface area contributed by atoms with Crippen molar-refractivity contribution in [2.45, 2.75) is 27.4 Å². The van der Waals surface area contributed by atoms with Crippen LogP contribution in [0.3, 0.4) is 0 Å². The first-order chi connectivity index (χ1) is 12.0. The number of ether oxygens (including phenoxy) is 1. The maximum Gasteiger partial charge on any atom is 0.160 e. The summed E-state index contributed by atoms with van der Waals surface area (Å²) < 4.78 is 5.97. The number of rotatable bonds is 5. The lowest BCUT2D eigenvalue weighted by Crippen LogP contribution is -2.02. The van der Waals surface area contributed by atoms with E-state index in [1.807, 2.05) is 55.5 Å². The molecule has 3 rings (SSSR count). The molecule has 25 heavy (non-hydrogen) atoms. The van der Waals surface area contributed by atoms with Crippen LogP contribution in [-0.4, -0.2) is 11.6 Å². The molecule has 0 bridgehead atoms. The Kier molecular flexibility index (Phi) is 4.66. The fourth-order valence-electron chi connectivity index (χ4n) is 2.89. The molecule has 0 aromatic heterocycles. The van der Waals surface area contributed by atoms with E-state index in [0.717, 1.165) is 27.6 Å². The molecule has 0 aliphatic rings. The minimum absolute atomic E-state index is 0.0496. The standard InChI is InChI=1S/C22H20O3/c1-14-9-19-10-18(15(2)23)11-20(16(3)24)21(19)12-22(14)25-13-17-7-5-4-6-8-17/h4-12H,13H2,1-3H3. The molecule has 3 heteroatoms. The first-order valence-corrected chi connectivity index (χ1v) is 8.22. The SMILES string of the molecule is CC(=O)c1cc(C(C)=O)c2cc(OCc3ccccc3)c(C)cc2c1. The van der Waals surface area contributed by atoms with E-state index in [9.17, 15) is 9.59 Å². The Morgan fingerprint density at radius 2 is 1.64 bits per heavy atom. The van der Waals surface area contributed by atoms with E-state index in [-0.39, 0.29) is 11.6 Å². The van der Waals surface area contributed by atoms with Gasteiger partial charge in [0.1, 0.15) is 12.4 Å². The van der Waals surface area contributed by atoms with Gasteiger partial charge in [-0.1, -0.05) is 30.3 Å². The monoisotopic (exact) mass is 332 g/mol. The van der Waals surface area contributed by atoms with Crippen LogP contribution in [0.15, 0.2) is 54.6 Å². The number of Topliss-reactive ketones (excluding diaryl/α,β-unsaturated/α-hetero) is 2. The van der Waals surface area contributed by atoms with Gasteiger partial charge in [-0.2, -0.15) is 0 Å². The van der Waals surface area contributed by atoms with E-state index < -0.39 is 0 Å². The van der Waals surface area contributed by atoms with Crippen LogP contribution in [0.5, 0.6) is 5.75 Å². The summed E-state index contributed by atoms with van der Waals surface area (Å²) in [5, 5.41) is 1.69. The van der Waals surface area contributed by atoms with Gasteiger partial charge in [0.05, 0.1) is 0 Å². The molecule has 0 spiro atoms. The normalized spacial score (nSPS) is 10.7. The number of carbonyl (C=O) groups is 2. The Morgan fingerprint density at radius 1 is 0.920 bits per heavy atom. The second-order valence-electron chi connectivity index (χ2n) is 6.25. The zero-order valence-electron chi connectivity index (χ0n) is 14.6. The van der Waals surface area contributed by atoms with Crippen molar-refractivity contribution in [1.29, 1.82) is 0 Å². The van der Waals surface area contributed by atoms with Crippen molar-refractivity contribution in [3.63, 3.8) is 0 Å². The smallest absolute Gasteiger partial charge is 0.160 e. The third-order valence-corrected chi connectivity index (χ3v) is 4.27. The van der Waals surface area contributed by atoms with Gasteiger partial charge in [0.2, 0.25) is 0 Å². The zero-order valence-corrected chi connectivity index (χ0v) is 14.6. The van der Waals surface area contributed by atoms with Crippen molar-refractivity contribution in [3.05, 3.63) is 76.9 Å². The summed E-state index contributed by atoms with van der Waals surface area (Å²) in [6.45, 7) is 5.46. The van der Waals surface area contributed by atoms with Crippen molar-refractivity contribution in [2.75, 3.05) is 0 Å². The van der Waals surface area contributed by atoms with E-state index >= 15 is 0 Å². The molecule has 0 unspecified atom stereocenters. The van der Waals surface area contributed by atoms with Crippen LogP contribution < -0.4 is 4.74 Å². The predicted molar refractivity (Wildman–Crippen MR) is 99.5 cm³/mol. The quantitative estimate of drug-likeness (QED) is 0.608. The molecule has 3 nitrogen and oxygen atoms in total. The number of carbonyl (C=O) groups excluding carboxylic acids is 2. The molecule has 3 aromatic carbocycles. The lowest BCUT2D eigenvalue weighted by molar-refractivity contribution is 0.101. The van der Waals surface area contributed by atoms with Crippen LogP contribution in [0, 0.1) is 6.92 Å². The molecule has 0 radical (unpaired) electrons. The summed E-state index contributed by atoms with van der Waals surface area (Å²) in [5.74, 6) is 0.631.